The quantitative estimate of drug-likeness (QED) is 0.376. The van der Waals surface area contributed by atoms with Crippen molar-refractivity contribution in [2.45, 2.75) is 6.92 Å². The molecule has 0 radical (unpaired) electrons. The summed E-state index contributed by atoms with van der Waals surface area (Å²) < 4.78 is 0. The first-order valence-corrected chi connectivity index (χ1v) is 2.69. The number of Topliss-reactive ketones (excluding diaryl/α,β-unsaturated/α-hetero) is 1. The third kappa shape index (κ3) is 6.56. The Balaban J connectivity index is 0. The molecule has 1 aromatic rings. The number of benzene rings is 1. The summed E-state index contributed by atoms with van der Waals surface area (Å²) in [5, 5.41) is 0. The third-order valence-corrected chi connectivity index (χ3v) is 1.03. The normalized spacial score (nSPS) is 7.36. The summed E-state index contributed by atoms with van der Waals surface area (Å²) in [5.74, 6) is 0.0341. The molecule has 0 spiro atoms. The molecule has 0 unspecified atom stereocenters. The zero-order valence-electron chi connectivity index (χ0n) is 7.14. The number of hydrogen-bond acceptors (Lipinski definition) is 1. The molecule has 3 heteroatoms. The molecule has 0 heterocycles. The van der Waals surface area contributed by atoms with Crippen molar-refractivity contribution in [2.75, 3.05) is 0 Å². The van der Waals surface area contributed by atoms with Crippen molar-refractivity contribution in [3.05, 3.63) is 35.9 Å². The van der Waals surface area contributed by atoms with E-state index in [2.05, 4.69) is 12.1 Å². The van der Waals surface area contributed by atoms with Crippen molar-refractivity contribution in [3.8, 4) is 0 Å². The molecule has 0 aliphatic carbocycles. The van der Waals surface area contributed by atoms with Gasteiger partial charge in [-0.3, -0.25) is 30.3 Å². The Labute approximate surface area is 165 Å². The monoisotopic (exact) mass is 288 g/mol. The van der Waals surface area contributed by atoms with Gasteiger partial charge in [0.05, 0.1) is 0 Å². The van der Waals surface area contributed by atoms with E-state index in [1.54, 1.807) is 18.2 Å². The number of carbonyl (C=O) groups is 1. The van der Waals surface area contributed by atoms with Crippen molar-refractivity contribution >= 4 is 5.78 Å². The first-order chi connectivity index (χ1) is 4.30. The van der Waals surface area contributed by atoms with Gasteiger partial charge >= 0.3 is 116 Å². The van der Waals surface area contributed by atoms with Gasteiger partial charge in [-0.25, -0.2) is 5.56 Å². The summed E-state index contributed by atoms with van der Waals surface area (Å²) in [6, 6.07) is 10.6. The van der Waals surface area contributed by atoms with Crippen LogP contribution in [0.4, 0.5) is 0 Å². The summed E-state index contributed by atoms with van der Waals surface area (Å²) in [6.07, 6.45) is 0. The van der Waals surface area contributed by atoms with E-state index in [4.69, 9.17) is 0 Å². The van der Waals surface area contributed by atoms with Crippen LogP contribution in [0.25, 0.3) is 0 Å². The standard InChI is InChI=1S/C8H6O.2Rb/c1-7(9)8-5-3-2-4-6-8;;/h2-3,6H,1H3;;/q-2;2*+1. The minimum Gasteiger partial charge on any atom is -0.366 e. The van der Waals surface area contributed by atoms with E-state index < -0.39 is 0 Å². The maximum absolute atomic E-state index is 10.6. The molecular formula is C8H6ORb2. The molecule has 0 atom stereocenters. The van der Waals surface area contributed by atoms with Crippen LogP contribution in [0, 0.1) is 12.1 Å². The largest absolute Gasteiger partial charge is 1.00 e. The molecule has 1 rings (SSSR count). The Morgan fingerprint density at radius 2 is 2.00 bits per heavy atom. The Bertz CT molecular complexity index is 209. The van der Waals surface area contributed by atoms with Gasteiger partial charge in [0.15, 0.2) is 0 Å². The van der Waals surface area contributed by atoms with E-state index in [0.717, 1.165) is 0 Å². The Hall–Kier alpha value is 2.50. The van der Waals surface area contributed by atoms with Gasteiger partial charge in [0, 0.05) is 5.78 Å². The van der Waals surface area contributed by atoms with Gasteiger partial charge in [-0.05, 0) is 6.92 Å². The smallest absolute Gasteiger partial charge is 0.366 e. The molecule has 0 aliphatic rings. The third-order valence-electron chi connectivity index (χ3n) is 1.03. The predicted octanol–water partition coefficient (Wildman–Crippen LogP) is -4.50. The predicted molar refractivity (Wildman–Crippen MR) is 34.1 cm³/mol. The maximum Gasteiger partial charge on any atom is 1.00 e. The van der Waals surface area contributed by atoms with Crippen molar-refractivity contribution in [2.24, 2.45) is 0 Å². The minimum atomic E-state index is 0. The second-order valence-corrected chi connectivity index (χ2v) is 1.76. The van der Waals surface area contributed by atoms with Gasteiger partial charge in [0.1, 0.15) is 0 Å². The van der Waals surface area contributed by atoms with Gasteiger partial charge in [0.2, 0.25) is 0 Å². The fourth-order valence-electron chi connectivity index (χ4n) is 0.556. The molecule has 11 heavy (non-hydrogen) atoms. The summed E-state index contributed by atoms with van der Waals surface area (Å²) in [5.41, 5.74) is 0.595. The van der Waals surface area contributed by atoms with Crippen molar-refractivity contribution in [3.63, 3.8) is 0 Å². The Morgan fingerprint density at radius 3 is 2.27 bits per heavy atom. The number of ketones is 1. The topological polar surface area (TPSA) is 17.1 Å². The van der Waals surface area contributed by atoms with E-state index >= 15 is 0 Å². The molecule has 0 amide bonds. The molecule has 0 fully saturated rings. The van der Waals surface area contributed by atoms with Crippen LogP contribution < -0.4 is 116 Å². The van der Waals surface area contributed by atoms with E-state index in [9.17, 15) is 4.79 Å². The summed E-state index contributed by atoms with van der Waals surface area (Å²) in [4.78, 5) is 10.6. The van der Waals surface area contributed by atoms with Crippen LogP contribution in [0.3, 0.4) is 0 Å². The molecule has 0 aliphatic heterocycles. The first-order valence-electron chi connectivity index (χ1n) is 2.69. The van der Waals surface area contributed by atoms with E-state index in [-0.39, 0.29) is 122 Å². The molecule has 0 bridgehead atoms. The van der Waals surface area contributed by atoms with Gasteiger partial charge < -0.3 is 4.79 Å². The van der Waals surface area contributed by atoms with E-state index in [1.807, 2.05) is 0 Å². The molecule has 1 aromatic carbocycles. The zero-order chi connectivity index (χ0) is 6.69. The van der Waals surface area contributed by atoms with Crippen LogP contribution in [0.15, 0.2) is 18.2 Å². The van der Waals surface area contributed by atoms with Crippen molar-refractivity contribution in [1.29, 1.82) is 0 Å². The molecular weight excluding hydrogens is 283 g/mol. The average Bonchev–Trinajstić information content (AvgIpc) is 1.90. The van der Waals surface area contributed by atoms with Crippen LogP contribution in [0.1, 0.15) is 17.3 Å². The maximum atomic E-state index is 10.6. The van der Waals surface area contributed by atoms with Crippen LogP contribution in [-0.4, -0.2) is 5.78 Å². The van der Waals surface area contributed by atoms with Crippen LogP contribution in [0.2, 0.25) is 0 Å². The zero-order valence-corrected chi connectivity index (χ0v) is 17.0. The molecule has 1 nitrogen and oxygen atoms in total. The fraction of sp³-hybridized carbons (Fsp3) is 0.125. The molecule has 0 N–H and O–H groups in total. The van der Waals surface area contributed by atoms with Crippen molar-refractivity contribution in [1.82, 2.24) is 0 Å². The van der Waals surface area contributed by atoms with Crippen LogP contribution >= 0.6 is 0 Å². The SMILES string of the molecule is CC(=O)c1[c-]cc[c-]c1.[Rb+].[Rb+]. The number of rotatable bonds is 1. The minimum absolute atomic E-state index is 0. The number of hydrogen-bond donors (Lipinski definition) is 0. The van der Waals surface area contributed by atoms with Crippen molar-refractivity contribution < 1.29 is 121 Å². The first kappa shape index (κ1) is 16.0. The van der Waals surface area contributed by atoms with Gasteiger partial charge in [0.25, 0.3) is 0 Å². The molecule has 46 valence electrons. The summed E-state index contributed by atoms with van der Waals surface area (Å²) in [6.45, 7) is 1.51. The Morgan fingerprint density at radius 1 is 1.36 bits per heavy atom. The molecule has 0 aromatic heterocycles. The summed E-state index contributed by atoms with van der Waals surface area (Å²) >= 11 is 0. The van der Waals surface area contributed by atoms with Crippen LogP contribution in [-0.2, 0) is 0 Å². The molecule has 0 saturated heterocycles. The summed E-state index contributed by atoms with van der Waals surface area (Å²) in [7, 11) is 0. The molecule has 0 saturated carbocycles. The second kappa shape index (κ2) is 9.07. The fourth-order valence-corrected chi connectivity index (χ4v) is 0.556. The Kier molecular flexibility index (Phi) is 13.2. The van der Waals surface area contributed by atoms with Gasteiger partial charge in [-0.15, -0.1) is 0 Å². The average molecular weight is 289 g/mol. The van der Waals surface area contributed by atoms with E-state index in [1.165, 1.54) is 6.92 Å². The van der Waals surface area contributed by atoms with Gasteiger partial charge in [-0.2, -0.15) is 0 Å². The number of carbonyl (C=O) groups excluding carboxylic acids is 1. The second-order valence-electron chi connectivity index (χ2n) is 1.76. The van der Waals surface area contributed by atoms with Gasteiger partial charge in [-0.1, -0.05) is 0 Å². The van der Waals surface area contributed by atoms with E-state index in [0.29, 0.717) is 5.56 Å². The van der Waals surface area contributed by atoms with Crippen LogP contribution in [0.5, 0.6) is 0 Å².